The van der Waals surface area contributed by atoms with E-state index in [2.05, 4.69) is 15.1 Å². The SMILES string of the molecule is COC(=O)C1CCCN(Cc2nnc(C(C)(C)C)o2)C1. The van der Waals surface area contributed by atoms with Crippen molar-refractivity contribution in [3.63, 3.8) is 0 Å². The van der Waals surface area contributed by atoms with E-state index < -0.39 is 0 Å². The van der Waals surface area contributed by atoms with Gasteiger partial charge in [0.15, 0.2) is 0 Å². The van der Waals surface area contributed by atoms with Gasteiger partial charge in [-0.2, -0.15) is 0 Å². The molecule has 20 heavy (non-hydrogen) atoms. The second kappa shape index (κ2) is 5.91. The monoisotopic (exact) mass is 281 g/mol. The van der Waals surface area contributed by atoms with Crippen LogP contribution in [0.25, 0.3) is 0 Å². The molecule has 0 aromatic carbocycles. The van der Waals surface area contributed by atoms with Crippen molar-refractivity contribution in [2.75, 3.05) is 20.2 Å². The molecule has 6 nitrogen and oxygen atoms in total. The van der Waals surface area contributed by atoms with Crippen molar-refractivity contribution in [2.24, 2.45) is 5.92 Å². The molecule has 0 aliphatic carbocycles. The summed E-state index contributed by atoms with van der Waals surface area (Å²) in [7, 11) is 1.44. The molecule has 1 unspecified atom stereocenters. The number of hydrogen-bond donors (Lipinski definition) is 0. The average molecular weight is 281 g/mol. The van der Waals surface area contributed by atoms with Crippen LogP contribution in [-0.2, 0) is 21.5 Å². The molecular weight excluding hydrogens is 258 g/mol. The van der Waals surface area contributed by atoms with Gasteiger partial charge in [0.25, 0.3) is 0 Å². The van der Waals surface area contributed by atoms with Gasteiger partial charge in [0.2, 0.25) is 11.8 Å². The molecule has 0 saturated carbocycles. The number of aromatic nitrogens is 2. The maximum absolute atomic E-state index is 11.6. The molecule has 112 valence electrons. The molecule has 0 amide bonds. The van der Waals surface area contributed by atoms with Gasteiger partial charge in [-0.25, -0.2) is 0 Å². The van der Waals surface area contributed by atoms with Crippen molar-refractivity contribution < 1.29 is 13.9 Å². The summed E-state index contributed by atoms with van der Waals surface area (Å²) in [6.07, 6.45) is 1.88. The molecule has 1 aromatic heterocycles. The second-order valence-corrected chi connectivity index (χ2v) is 6.35. The van der Waals surface area contributed by atoms with Crippen molar-refractivity contribution in [1.82, 2.24) is 15.1 Å². The Bertz CT molecular complexity index is 464. The zero-order valence-electron chi connectivity index (χ0n) is 12.7. The van der Waals surface area contributed by atoms with E-state index in [0.29, 0.717) is 24.9 Å². The number of piperidine rings is 1. The van der Waals surface area contributed by atoms with Gasteiger partial charge in [-0.15, -0.1) is 10.2 Å². The topological polar surface area (TPSA) is 68.5 Å². The summed E-state index contributed by atoms with van der Waals surface area (Å²) in [5, 5.41) is 8.18. The summed E-state index contributed by atoms with van der Waals surface area (Å²) in [6, 6.07) is 0. The van der Waals surface area contributed by atoms with E-state index in [0.717, 1.165) is 19.4 Å². The molecule has 2 heterocycles. The third kappa shape index (κ3) is 3.56. The summed E-state index contributed by atoms with van der Waals surface area (Å²) in [4.78, 5) is 13.8. The number of nitrogens with zero attached hydrogens (tertiary/aromatic N) is 3. The third-order valence-electron chi connectivity index (χ3n) is 3.51. The largest absolute Gasteiger partial charge is 0.469 e. The van der Waals surface area contributed by atoms with Crippen LogP contribution in [0.1, 0.15) is 45.4 Å². The van der Waals surface area contributed by atoms with E-state index in [1.165, 1.54) is 7.11 Å². The Morgan fingerprint density at radius 1 is 1.45 bits per heavy atom. The van der Waals surface area contributed by atoms with Crippen molar-refractivity contribution in [3.8, 4) is 0 Å². The Kier molecular flexibility index (Phi) is 4.42. The number of carbonyl (C=O) groups is 1. The maximum atomic E-state index is 11.6. The summed E-state index contributed by atoms with van der Waals surface area (Å²) in [5.41, 5.74) is -0.137. The number of methoxy groups -OCH3 is 1. The Hall–Kier alpha value is -1.43. The molecule has 1 fully saturated rings. The zero-order valence-corrected chi connectivity index (χ0v) is 12.7. The van der Waals surface area contributed by atoms with Crippen molar-refractivity contribution in [3.05, 3.63) is 11.8 Å². The van der Waals surface area contributed by atoms with E-state index >= 15 is 0 Å². The molecule has 1 aliphatic rings. The van der Waals surface area contributed by atoms with Crippen LogP contribution in [-0.4, -0.2) is 41.3 Å². The number of carbonyl (C=O) groups excluding carboxylic acids is 1. The van der Waals surface area contributed by atoms with E-state index in [1.807, 2.05) is 20.8 Å². The molecule has 0 bridgehead atoms. The predicted octanol–water partition coefficient (Wildman–Crippen LogP) is 1.75. The fraction of sp³-hybridized carbons (Fsp3) is 0.786. The van der Waals surface area contributed by atoms with Crippen LogP contribution < -0.4 is 0 Å². The van der Waals surface area contributed by atoms with Gasteiger partial charge in [-0.05, 0) is 19.4 Å². The highest BCUT2D eigenvalue weighted by Crippen LogP contribution is 2.22. The minimum absolute atomic E-state index is 0.0428. The molecule has 1 aromatic rings. The van der Waals surface area contributed by atoms with E-state index in [1.54, 1.807) is 0 Å². The number of rotatable bonds is 3. The summed E-state index contributed by atoms with van der Waals surface area (Å²) >= 11 is 0. The molecule has 0 N–H and O–H groups in total. The number of hydrogen-bond acceptors (Lipinski definition) is 6. The van der Waals surface area contributed by atoms with Gasteiger partial charge in [0, 0.05) is 12.0 Å². The van der Waals surface area contributed by atoms with Gasteiger partial charge < -0.3 is 9.15 Å². The first kappa shape index (κ1) is 15.0. The first-order chi connectivity index (χ1) is 9.40. The Balaban J connectivity index is 1.96. The van der Waals surface area contributed by atoms with Crippen LogP contribution in [0.5, 0.6) is 0 Å². The van der Waals surface area contributed by atoms with Gasteiger partial charge in [0.1, 0.15) is 0 Å². The highest BCUT2D eigenvalue weighted by atomic mass is 16.5. The number of likely N-dealkylation sites (tertiary alicyclic amines) is 1. The zero-order chi connectivity index (χ0) is 14.8. The summed E-state index contributed by atoms with van der Waals surface area (Å²) < 4.78 is 10.5. The first-order valence-corrected chi connectivity index (χ1v) is 7.03. The standard InChI is InChI=1S/C14H23N3O3/c1-14(2,3)13-16-15-11(20-13)9-17-7-5-6-10(8-17)12(18)19-4/h10H,5-9H2,1-4H3. The fourth-order valence-corrected chi connectivity index (χ4v) is 2.37. The van der Waals surface area contributed by atoms with Crippen LogP contribution in [0.3, 0.4) is 0 Å². The van der Waals surface area contributed by atoms with Gasteiger partial charge in [0.05, 0.1) is 19.6 Å². The highest BCUT2D eigenvalue weighted by Gasteiger charge is 2.28. The molecule has 0 radical (unpaired) electrons. The molecule has 0 spiro atoms. The Morgan fingerprint density at radius 2 is 2.20 bits per heavy atom. The lowest BCUT2D eigenvalue weighted by atomic mass is 9.97. The Morgan fingerprint density at radius 3 is 2.80 bits per heavy atom. The normalized spacial score (nSPS) is 20.9. The minimum Gasteiger partial charge on any atom is -0.469 e. The molecule has 1 atom stereocenters. The average Bonchev–Trinajstić information content (AvgIpc) is 2.86. The molecule has 2 rings (SSSR count). The maximum Gasteiger partial charge on any atom is 0.309 e. The van der Waals surface area contributed by atoms with Crippen molar-refractivity contribution in [2.45, 2.75) is 45.6 Å². The first-order valence-electron chi connectivity index (χ1n) is 7.03. The van der Waals surface area contributed by atoms with Crippen LogP contribution in [0, 0.1) is 5.92 Å². The lowest BCUT2D eigenvalue weighted by Crippen LogP contribution is -2.38. The number of esters is 1. The van der Waals surface area contributed by atoms with Crippen LogP contribution in [0.2, 0.25) is 0 Å². The van der Waals surface area contributed by atoms with Crippen LogP contribution in [0.15, 0.2) is 4.42 Å². The minimum atomic E-state index is -0.137. The quantitative estimate of drug-likeness (QED) is 0.786. The van der Waals surface area contributed by atoms with E-state index in [-0.39, 0.29) is 17.3 Å². The summed E-state index contributed by atoms with van der Waals surface area (Å²) in [6.45, 7) is 8.35. The smallest absolute Gasteiger partial charge is 0.309 e. The van der Waals surface area contributed by atoms with Crippen LogP contribution in [0.4, 0.5) is 0 Å². The van der Waals surface area contributed by atoms with Gasteiger partial charge >= 0.3 is 5.97 Å². The predicted molar refractivity (Wildman–Crippen MR) is 73.0 cm³/mol. The Labute approximate surface area is 119 Å². The summed E-state index contributed by atoms with van der Waals surface area (Å²) in [5.74, 6) is 1.09. The molecule has 1 aliphatic heterocycles. The lowest BCUT2D eigenvalue weighted by molar-refractivity contribution is -0.147. The highest BCUT2D eigenvalue weighted by molar-refractivity contribution is 5.72. The molecule has 1 saturated heterocycles. The second-order valence-electron chi connectivity index (χ2n) is 6.35. The van der Waals surface area contributed by atoms with Crippen molar-refractivity contribution in [1.29, 1.82) is 0 Å². The van der Waals surface area contributed by atoms with Crippen LogP contribution >= 0.6 is 0 Å². The van der Waals surface area contributed by atoms with E-state index in [4.69, 9.17) is 9.15 Å². The lowest BCUT2D eigenvalue weighted by Gasteiger charge is -2.30. The van der Waals surface area contributed by atoms with E-state index in [9.17, 15) is 4.79 Å². The van der Waals surface area contributed by atoms with Crippen molar-refractivity contribution >= 4 is 5.97 Å². The molecule has 6 heteroatoms. The number of ether oxygens (including phenoxy) is 1. The fourth-order valence-electron chi connectivity index (χ4n) is 2.37. The van der Waals surface area contributed by atoms with Gasteiger partial charge in [-0.1, -0.05) is 20.8 Å². The molecular formula is C14H23N3O3. The van der Waals surface area contributed by atoms with Gasteiger partial charge in [-0.3, -0.25) is 9.69 Å². The third-order valence-corrected chi connectivity index (χ3v) is 3.51.